The summed E-state index contributed by atoms with van der Waals surface area (Å²) in [5.74, 6) is -1.47. The van der Waals surface area contributed by atoms with Crippen LogP contribution in [0.5, 0.6) is 11.8 Å². The molecule has 0 bridgehead atoms. The molecule has 0 radical (unpaired) electrons. The molecule has 2 saturated heterocycles. The molecule has 2 aliphatic rings. The SMILES string of the molecule is COc1ccc(OC2CCCN(C(=O)CN3CCN(c4ccc(F)c(F)c4)C3=O)C2)nn1. The van der Waals surface area contributed by atoms with Crippen molar-refractivity contribution in [2.45, 2.75) is 18.9 Å². The van der Waals surface area contributed by atoms with E-state index in [1.807, 2.05) is 0 Å². The average Bonchev–Trinajstić information content (AvgIpc) is 3.16. The van der Waals surface area contributed by atoms with Crippen molar-refractivity contribution in [3.8, 4) is 11.8 Å². The topological polar surface area (TPSA) is 88.1 Å². The van der Waals surface area contributed by atoms with Crippen LogP contribution in [0.4, 0.5) is 19.3 Å². The van der Waals surface area contributed by atoms with Gasteiger partial charge in [0.2, 0.25) is 17.7 Å². The Kier molecular flexibility index (Phi) is 6.33. The van der Waals surface area contributed by atoms with Gasteiger partial charge in [-0.25, -0.2) is 13.6 Å². The number of methoxy groups -OCH3 is 1. The first-order valence-electron chi connectivity index (χ1n) is 10.3. The van der Waals surface area contributed by atoms with E-state index in [1.165, 1.54) is 23.0 Å². The van der Waals surface area contributed by atoms with E-state index in [2.05, 4.69) is 10.2 Å². The highest BCUT2D eigenvalue weighted by Gasteiger charge is 2.33. The van der Waals surface area contributed by atoms with Crippen molar-refractivity contribution in [1.82, 2.24) is 20.0 Å². The maximum atomic E-state index is 13.5. The lowest BCUT2D eigenvalue weighted by atomic mass is 10.1. The van der Waals surface area contributed by atoms with Crippen molar-refractivity contribution in [3.05, 3.63) is 42.0 Å². The first-order valence-corrected chi connectivity index (χ1v) is 10.3. The summed E-state index contributed by atoms with van der Waals surface area (Å²) in [5.41, 5.74) is 0.260. The molecule has 1 aromatic carbocycles. The third-order valence-corrected chi connectivity index (χ3v) is 5.48. The van der Waals surface area contributed by atoms with Gasteiger partial charge in [0.1, 0.15) is 12.6 Å². The van der Waals surface area contributed by atoms with Crippen LogP contribution in [-0.2, 0) is 4.79 Å². The smallest absolute Gasteiger partial charge is 0.325 e. The zero-order valence-corrected chi connectivity index (χ0v) is 17.5. The summed E-state index contributed by atoms with van der Waals surface area (Å²) in [4.78, 5) is 29.9. The molecule has 4 rings (SSSR count). The second kappa shape index (κ2) is 9.33. The minimum atomic E-state index is -1.02. The first kappa shape index (κ1) is 21.7. The highest BCUT2D eigenvalue weighted by atomic mass is 19.2. The molecular formula is C21H23F2N5O4. The van der Waals surface area contributed by atoms with Crippen LogP contribution in [0, 0.1) is 11.6 Å². The van der Waals surface area contributed by atoms with Crippen LogP contribution in [0.25, 0.3) is 0 Å². The highest BCUT2D eigenvalue weighted by Crippen LogP contribution is 2.23. The fourth-order valence-corrected chi connectivity index (χ4v) is 3.80. The number of urea groups is 1. The molecule has 2 aliphatic heterocycles. The molecule has 0 spiro atoms. The van der Waals surface area contributed by atoms with Gasteiger partial charge in [0.15, 0.2) is 11.6 Å². The molecule has 0 N–H and O–H groups in total. The number of benzene rings is 1. The van der Waals surface area contributed by atoms with Gasteiger partial charge in [-0.1, -0.05) is 0 Å². The van der Waals surface area contributed by atoms with Gasteiger partial charge in [-0.3, -0.25) is 9.69 Å². The Hall–Kier alpha value is -3.50. The molecule has 1 aromatic heterocycles. The van der Waals surface area contributed by atoms with Gasteiger partial charge in [0.25, 0.3) is 0 Å². The molecule has 3 amide bonds. The zero-order chi connectivity index (χ0) is 22.7. The number of rotatable bonds is 6. The minimum Gasteiger partial charge on any atom is -0.480 e. The number of hydrogen-bond donors (Lipinski definition) is 0. The molecule has 0 aliphatic carbocycles. The normalized spacial score (nSPS) is 18.8. The van der Waals surface area contributed by atoms with E-state index in [9.17, 15) is 18.4 Å². The maximum Gasteiger partial charge on any atom is 0.325 e. The van der Waals surface area contributed by atoms with Crippen molar-refractivity contribution in [2.75, 3.05) is 44.7 Å². The second-order valence-corrected chi connectivity index (χ2v) is 7.59. The summed E-state index contributed by atoms with van der Waals surface area (Å²) >= 11 is 0. The lowest BCUT2D eigenvalue weighted by molar-refractivity contribution is -0.134. The number of likely N-dealkylation sites (tertiary alicyclic amines) is 1. The van der Waals surface area contributed by atoms with Gasteiger partial charge in [0, 0.05) is 43.5 Å². The van der Waals surface area contributed by atoms with Crippen molar-refractivity contribution < 1.29 is 27.8 Å². The number of hydrogen-bond acceptors (Lipinski definition) is 6. The lowest BCUT2D eigenvalue weighted by Crippen LogP contribution is -2.48. The fourth-order valence-electron chi connectivity index (χ4n) is 3.80. The fraction of sp³-hybridized carbons (Fsp3) is 0.429. The predicted octanol–water partition coefficient (Wildman–Crippen LogP) is 2.08. The van der Waals surface area contributed by atoms with E-state index in [0.717, 1.165) is 25.0 Å². The molecular weight excluding hydrogens is 424 g/mol. The van der Waals surface area contributed by atoms with E-state index in [-0.39, 0.29) is 24.2 Å². The summed E-state index contributed by atoms with van der Waals surface area (Å²) in [5, 5.41) is 7.81. The molecule has 0 saturated carbocycles. The van der Waals surface area contributed by atoms with E-state index in [1.54, 1.807) is 17.0 Å². The molecule has 1 unspecified atom stereocenters. The molecule has 9 nitrogen and oxygen atoms in total. The van der Waals surface area contributed by atoms with E-state index >= 15 is 0 Å². The van der Waals surface area contributed by atoms with Gasteiger partial charge >= 0.3 is 6.03 Å². The lowest BCUT2D eigenvalue weighted by Gasteiger charge is -2.33. The van der Waals surface area contributed by atoms with Gasteiger partial charge in [-0.2, -0.15) is 0 Å². The van der Waals surface area contributed by atoms with Crippen molar-refractivity contribution in [1.29, 1.82) is 0 Å². The Morgan fingerprint density at radius 1 is 1.09 bits per heavy atom. The summed E-state index contributed by atoms with van der Waals surface area (Å²) in [6.07, 6.45) is 1.29. The Labute approximate surface area is 183 Å². The van der Waals surface area contributed by atoms with Crippen molar-refractivity contribution in [3.63, 3.8) is 0 Å². The number of carbonyl (C=O) groups excluding carboxylic acids is 2. The molecule has 32 heavy (non-hydrogen) atoms. The zero-order valence-electron chi connectivity index (χ0n) is 17.5. The van der Waals surface area contributed by atoms with Gasteiger partial charge < -0.3 is 19.3 Å². The van der Waals surface area contributed by atoms with Gasteiger partial charge in [-0.15, -0.1) is 10.2 Å². The van der Waals surface area contributed by atoms with Crippen LogP contribution < -0.4 is 14.4 Å². The van der Waals surface area contributed by atoms with Crippen LogP contribution in [0.3, 0.4) is 0 Å². The van der Waals surface area contributed by atoms with Crippen molar-refractivity contribution in [2.24, 2.45) is 0 Å². The third-order valence-electron chi connectivity index (χ3n) is 5.48. The minimum absolute atomic E-state index is 0.0892. The maximum absolute atomic E-state index is 13.5. The molecule has 2 aromatic rings. The third kappa shape index (κ3) is 4.71. The Bertz CT molecular complexity index is 991. The summed E-state index contributed by atoms with van der Waals surface area (Å²) < 4.78 is 37.5. The van der Waals surface area contributed by atoms with Crippen LogP contribution in [-0.4, -0.2) is 77.9 Å². The van der Waals surface area contributed by atoms with E-state index in [0.29, 0.717) is 37.9 Å². The number of anilines is 1. The Morgan fingerprint density at radius 2 is 1.88 bits per heavy atom. The molecule has 1 atom stereocenters. The number of carbonyl (C=O) groups is 2. The summed E-state index contributed by atoms with van der Waals surface area (Å²) in [6, 6.07) is 6.19. The number of piperidine rings is 1. The average molecular weight is 447 g/mol. The molecule has 3 heterocycles. The number of amides is 3. The summed E-state index contributed by atoms with van der Waals surface area (Å²) in [6.45, 7) is 1.47. The standard InChI is InChI=1S/C21H23F2N5O4/c1-31-18-6-7-19(25-24-18)32-15-3-2-8-26(12-15)20(29)13-27-9-10-28(21(27)30)14-4-5-16(22)17(23)11-14/h4-7,11,15H,2-3,8-10,12-13H2,1H3. The molecule has 11 heteroatoms. The Balaban J connectivity index is 1.33. The van der Waals surface area contributed by atoms with Crippen molar-refractivity contribution >= 4 is 17.6 Å². The number of nitrogens with zero attached hydrogens (tertiary/aromatic N) is 5. The quantitative estimate of drug-likeness (QED) is 0.674. The van der Waals surface area contributed by atoms with Gasteiger partial charge in [0.05, 0.1) is 13.7 Å². The monoisotopic (exact) mass is 447 g/mol. The highest BCUT2D eigenvalue weighted by molar-refractivity contribution is 5.96. The second-order valence-electron chi connectivity index (χ2n) is 7.59. The number of aromatic nitrogens is 2. The molecule has 2 fully saturated rings. The first-order chi connectivity index (χ1) is 15.4. The van der Waals surface area contributed by atoms with E-state index < -0.39 is 17.7 Å². The van der Waals surface area contributed by atoms with Crippen LogP contribution >= 0.6 is 0 Å². The largest absolute Gasteiger partial charge is 0.480 e. The van der Waals surface area contributed by atoms with E-state index in [4.69, 9.17) is 9.47 Å². The van der Waals surface area contributed by atoms with Crippen LogP contribution in [0.2, 0.25) is 0 Å². The number of halogens is 2. The predicted molar refractivity (Wildman–Crippen MR) is 109 cm³/mol. The summed E-state index contributed by atoms with van der Waals surface area (Å²) in [7, 11) is 1.50. The Morgan fingerprint density at radius 3 is 2.59 bits per heavy atom. The molecule has 170 valence electrons. The van der Waals surface area contributed by atoms with Gasteiger partial charge in [-0.05, 0) is 25.0 Å². The van der Waals surface area contributed by atoms with Crippen LogP contribution in [0.15, 0.2) is 30.3 Å². The van der Waals surface area contributed by atoms with Crippen LogP contribution in [0.1, 0.15) is 12.8 Å². The number of ether oxygens (including phenoxy) is 2.